The number of anilines is 1. The lowest BCUT2D eigenvalue weighted by molar-refractivity contribution is -0.907. The van der Waals surface area contributed by atoms with E-state index in [-0.39, 0.29) is 22.9 Å². The van der Waals surface area contributed by atoms with Crippen molar-refractivity contribution in [1.82, 2.24) is 4.72 Å². The summed E-state index contributed by atoms with van der Waals surface area (Å²) in [6.07, 6.45) is 0. The number of rotatable bonds is 8. The normalized spacial score (nSPS) is 14.2. The highest BCUT2D eigenvalue weighted by Gasteiger charge is 2.22. The summed E-state index contributed by atoms with van der Waals surface area (Å²) >= 11 is 1.64. The molecule has 0 fully saturated rings. The Morgan fingerprint density at radius 3 is 2.35 bits per heavy atom. The molecule has 8 heteroatoms. The number of likely N-dealkylation sites (N-methyl/N-ethyl adjacent to an activating group) is 1. The summed E-state index contributed by atoms with van der Waals surface area (Å²) in [5, 5.41) is 6.96. The van der Waals surface area contributed by atoms with Gasteiger partial charge in [0.15, 0.2) is 6.04 Å². The molecule has 6 nitrogen and oxygen atoms in total. The van der Waals surface area contributed by atoms with E-state index >= 15 is 0 Å². The van der Waals surface area contributed by atoms with Crippen LogP contribution in [0.2, 0.25) is 0 Å². The highest BCUT2D eigenvalue weighted by atomic mass is 32.2. The summed E-state index contributed by atoms with van der Waals surface area (Å²) in [7, 11) is -1.55. The third kappa shape index (κ3) is 5.63. The van der Waals surface area contributed by atoms with Crippen LogP contribution in [-0.2, 0) is 21.4 Å². The minimum absolute atomic E-state index is 0.103. The van der Waals surface area contributed by atoms with E-state index in [0.29, 0.717) is 5.69 Å². The maximum absolute atomic E-state index is 12.4. The van der Waals surface area contributed by atoms with Crippen LogP contribution in [0, 0.1) is 0 Å². The van der Waals surface area contributed by atoms with Crippen molar-refractivity contribution in [2.45, 2.75) is 44.3 Å². The van der Waals surface area contributed by atoms with Gasteiger partial charge in [-0.05, 0) is 61.9 Å². The predicted octanol–water partition coefficient (Wildman–Crippen LogP) is 1.48. The van der Waals surface area contributed by atoms with Crippen molar-refractivity contribution >= 4 is 33.0 Å². The molecule has 2 rings (SSSR count). The standard InChI is InChI=1S/C18H25N3O3S2/c1-13(2)20-26(23,24)17-7-5-16(6-8-17)19-18(22)14(3)21(4)11-15-9-10-25-12-15/h5-10,12-14,20H,11H2,1-4H3,(H,19,22)/p+1/t14-/m1/s1. The molecule has 0 spiro atoms. The van der Waals surface area contributed by atoms with Gasteiger partial charge in [0.05, 0.1) is 11.9 Å². The van der Waals surface area contributed by atoms with E-state index in [1.54, 1.807) is 37.3 Å². The summed E-state index contributed by atoms with van der Waals surface area (Å²) in [6, 6.07) is 7.84. The van der Waals surface area contributed by atoms with Gasteiger partial charge in [0.1, 0.15) is 6.54 Å². The molecule has 2 atom stereocenters. The van der Waals surface area contributed by atoms with Gasteiger partial charge in [-0.3, -0.25) is 4.79 Å². The van der Waals surface area contributed by atoms with Crippen LogP contribution in [0.1, 0.15) is 26.3 Å². The van der Waals surface area contributed by atoms with Crippen LogP contribution in [0.3, 0.4) is 0 Å². The number of amides is 1. The number of carbonyl (C=O) groups excluding carboxylic acids is 1. The van der Waals surface area contributed by atoms with E-state index in [0.717, 1.165) is 11.4 Å². The van der Waals surface area contributed by atoms with Crippen LogP contribution in [-0.4, -0.2) is 33.5 Å². The van der Waals surface area contributed by atoms with Gasteiger partial charge in [-0.2, -0.15) is 11.3 Å². The van der Waals surface area contributed by atoms with E-state index in [9.17, 15) is 13.2 Å². The lowest BCUT2D eigenvalue weighted by Gasteiger charge is -2.20. The molecule has 0 bridgehead atoms. The molecule has 0 saturated heterocycles. The quantitative estimate of drug-likeness (QED) is 0.632. The molecule has 0 aliphatic carbocycles. The molecule has 1 aromatic carbocycles. The monoisotopic (exact) mass is 396 g/mol. The van der Waals surface area contributed by atoms with Crippen LogP contribution in [0.5, 0.6) is 0 Å². The van der Waals surface area contributed by atoms with Gasteiger partial charge >= 0.3 is 0 Å². The highest BCUT2D eigenvalue weighted by molar-refractivity contribution is 7.89. The summed E-state index contributed by atoms with van der Waals surface area (Å²) in [5.41, 5.74) is 1.79. The highest BCUT2D eigenvalue weighted by Crippen LogP contribution is 2.14. The maximum Gasteiger partial charge on any atom is 0.282 e. The molecule has 1 aromatic heterocycles. The fourth-order valence-corrected chi connectivity index (χ4v) is 4.36. The molecular formula is C18H26N3O3S2+. The molecule has 1 unspecified atom stereocenters. The molecule has 0 aliphatic heterocycles. The first-order valence-corrected chi connectivity index (χ1v) is 10.9. The van der Waals surface area contributed by atoms with Gasteiger partial charge in [-0.15, -0.1) is 0 Å². The zero-order valence-electron chi connectivity index (χ0n) is 15.4. The number of nitrogens with one attached hydrogen (secondary N) is 3. The second-order valence-electron chi connectivity index (χ2n) is 6.67. The third-order valence-electron chi connectivity index (χ3n) is 4.02. The molecule has 26 heavy (non-hydrogen) atoms. The Morgan fingerprint density at radius 1 is 1.15 bits per heavy atom. The summed E-state index contributed by atoms with van der Waals surface area (Å²) in [6.45, 7) is 6.18. The van der Waals surface area contributed by atoms with E-state index in [1.165, 1.54) is 17.7 Å². The van der Waals surface area contributed by atoms with Crippen molar-refractivity contribution in [3.63, 3.8) is 0 Å². The van der Waals surface area contributed by atoms with Crippen LogP contribution in [0.15, 0.2) is 46.0 Å². The van der Waals surface area contributed by atoms with Gasteiger partial charge in [0, 0.05) is 17.3 Å². The number of thiophene rings is 1. The molecular weight excluding hydrogens is 370 g/mol. The van der Waals surface area contributed by atoms with E-state index < -0.39 is 10.0 Å². The average molecular weight is 397 g/mol. The van der Waals surface area contributed by atoms with E-state index in [2.05, 4.69) is 21.5 Å². The second kappa shape index (κ2) is 8.77. The Kier molecular flexibility index (Phi) is 6.94. The maximum atomic E-state index is 12.4. The Bertz CT molecular complexity index is 816. The van der Waals surface area contributed by atoms with Crippen molar-refractivity contribution in [3.8, 4) is 0 Å². The first-order chi connectivity index (χ1) is 12.2. The number of hydrogen-bond donors (Lipinski definition) is 3. The fourth-order valence-electron chi connectivity index (χ4n) is 2.44. The summed E-state index contributed by atoms with van der Waals surface area (Å²) < 4.78 is 26.8. The SMILES string of the molecule is CC(C)NS(=O)(=O)c1ccc(NC(=O)[C@@H](C)[NH+](C)Cc2ccsc2)cc1. The zero-order chi connectivity index (χ0) is 19.3. The van der Waals surface area contributed by atoms with Gasteiger partial charge in [0.2, 0.25) is 10.0 Å². The van der Waals surface area contributed by atoms with Gasteiger partial charge in [0.25, 0.3) is 5.91 Å². The van der Waals surface area contributed by atoms with Crippen molar-refractivity contribution < 1.29 is 18.1 Å². The van der Waals surface area contributed by atoms with Crippen LogP contribution >= 0.6 is 11.3 Å². The molecule has 0 radical (unpaired) electrons. The van der Waals surface area contributed by atoms with Gasteiger partial charge in [-0.25, -0.2) is 13.1 Å². The van der Waals surface area contributed by atoms with E-state index in [4.69, 9.17) is 0 Å². The predicted molar refractivity (Wildman–Crippen MR) is 105 cm³/mol. The molecule has 2 aromatic rings. The second-order valence-corrected chi connectivity index (χ2v) is 9.16. The molecule has 0 aliphatic rings. The number of sulfonamides is 1. The molecule has 142 valence electrons. The number of benzene rings is 1. The van der Waals surface area contributed by atoms with Crippen molar-refractivity contribution in [1.29, 1.82) is 0 Å². The van der Waals surface area contributed by atoms with Crippen LogP contribution < -0.4 is 14.9 Å². The fraction of sp³-hybridized carbons (Fsp3) is 0.389. The summed E-state index contributed by atoms with van der Waals surface area (Å²) in [5.74, 6) is -0.103. The van der Waals surface area contributed by atoms with Crippen LogP contribution in [0.25, 0.3) is 0 Å². The van der Waals surface area contributed by atoms with Gasteiger partial charge in [-0.1, -0.05) is 0 Å². The van der Waals surface area contributed by atoms with Crippen molar-refractivity contribution in [2.24, 2.45) is 0 Å². The first-order valence-electron chi connectivity index (χ1n) is 8.45. The van der Waals surface area contributed by atoms with Crippen LogP contribution in [0.4, 0.5) is 5.69 Å². The Morgan fingerprint density at radius 2 is 1.81 bits per heavy atom. The van der Waals surface area contributed by atoms with E-state index in [1.807, 2.05) is 19.4 Å². The Labute approximate surface area is 159 Å². The largest absolute Gasteiger partial charge is 0.324 e. The topological polar surface area (TPSA) is 79.7 Å². The molecule has 1 heterocycles. The molecule has 0 saturated carbocycles. The summed E-state index contributed by atoms with van der Waals surface area (Å²) in [4.78, 5) is 13.7. The Hall–Kier alpha value is -1.74. The average Bonchev–Trinajstić information content (AvgIpc) is 3.06. The Balaban J connectivity index is 1.98. The zero-order valence-corrected chi connectivity index (χ0v) is 17.1. The first kappa shape index (κ1) is 20.6. The third-order valence-corrected chi connectivity index (χ3v) is 6.43. The molecule has 3 N–H and O–H groups in total. The number of hydrogen-bond acceptors (Lipinski definition) is 4. The lowest BCUT2D eigenvalue weighted by Crippen LogP contribution is -3.12. The molecule has 1 amide bonds. The van der Waals surface area contributed by atoms with Gasteiger partial charge < -0.3 is 10.2 Å². The minimum Gasteiger partial charge on any atom is -0.324 e. The lowest BCUT2D eigenvalue weighted by atomic mass is 10.2. The smallest absolute Gasteiger partial charge is 0.282 e. The van der Waals surface area contributed by atoms with Crippen molar-refractivity contribution in [3.05, 3.63) is 46.7 Å². The van der Waals surface area contributed by atoms with Crippen molar-refractivity contribution in [2.75, 3.05) is 12.4 Å². The number of carbonyl (C=O) groups is 1. The number of quaternary nitrogens is 1. The minimum atomic E-state index is -3.53.